The monoisotopic (exact) mass is 403 g/mol. The Morgan fingerprint density at radius 2 is 2.08 bits per heavy atom. The number of rotatable bonds is 4. The van der Waals surface area contributed by atoms with E-state index in [4.69, 9.17) is 5.73 Å². The van der Waals surface area contributed by atoms with Gasteiger partial charge in [-0.3, -0.25) is 4.79 Å². The van der Waals surface area contributed by atoms with Crippen LogP contribution < -0.4 is 5.73 Å². The van der Waals surface area contributed by atoms with Crippen LogP contribution in [0.1, 0.15) is 38.1 Å². The first-order chi connectivity index (χ1) is 11.0. The number of aromatic nitrogens is 1. The van der Waals surface area contributed by atoms with E-state index in [2.05, 4.69) is 24.9 Å². The van der Waals surface area contributed by atoms with Crippen molar-refractivity contribution in [3.8, 4) is 0 Å². The standard InChI is InChI=1S/C18H25N3OS.2ClH/c1-18(2)12-21(11-10-15(18)19)17(22)9-5-8-16-20-13-6-3-4-7-14(13)23-16;;/h3-4,6-7,15H,5,8-12,19H2,1-2H3;2*1H. The van der Waals surface area contributed by atoms with Crippen LogP contribution in [-0.4, -0.2) is 34.9 Å². The number of benzene rings is 1. The Morgan fingerprint density at radius 1 is 1.36 bits per heavy atom. The van der Waals surface area contributed by atoms with Crippen LogP contribution in [-0.2, 0) is 11.2 Å². The molecule has 0 aliphatic carbocycles. The molecule has 1 saturated heterocycles. The molecule has 2 N–H and O–H groups in total. The maximum atomic E-state index is 12.4. The average Bonchev–Trinajstić information content (AvgIpc) is 2.92. The normalized spacial score (nSPS) is 19.2. The Morgan fingerprint density at radius 3 is 2.76 bits per heavy atom. The lowest BCUT2D eigenvalue weighted by Gasteiger charge is -2.42. The number of piperidine rings is 1. The van der Waals surface area contributed by atoms with Crippen molar-refractivity contribution in [2.75, 3.05) is 13.1 Å². The number of fused-ring (bicyclic) bond motifs is 1. The number of amides is 1. The first-order valence-electron chi connectivity index (χ1n) is 8.33. The summed E-state index contributed by atoms with van der Waals surface area (Å²) in [7, 11) is 0. The maximum absolute atomic E-state index is 12.4. The number of carbonyl (C=O) groups excluding carboxylic acids is 1. The summed E-state index contributed by atoms with van der Waals surface area (Å²) < 4.78 is 1.22. The third-order valence-corrected chi connectivity index (χ3v) is 5.88. The summed E-state index contributed by atoms with van der Waals surface area (Å²) in [5.74, 6) is 0.256. The lowest BCUT2D eigenvalue weighted by molar-refractivity contribution is -0.134. The second-order valence-corrected chi connectivity index (χ2v) is 8.24. The van der Waals surface area contributed by atoms with Crippen LogP contribution in [0.4, 0.5) is 0 Å². The van der Waals surface area contributed by atoms with E-state index in [0.29, 0.717) is 6.42 Å². The summed E-state index contributed by atoms with van der Waals surface area (Å²) in [4.78, 5) is 19.0. The molecule has 4 nitrogen and oxygen atoms in total. The Labute approximate surface area is 166 Å². The topological polar surface area (TPSA) is 59.2 Å². The van der Waals surface area contributed by atoms with E-state index in [9.17, 15) is 4.79 Å². The number of carbonyl (C=O) groups is 1. The van der Waals surface area contributed by atoms with Crippen molar-refractivity contribution in [3.05, 3.63) is 29.3 Å². The molecule has 0 spiro atoms. The van der Waals surface area contributed by atoms with Gasteiger partial charge < -0.3 is 10.6 Å². The molecule has 1 aromatic heterocycles. The molecule has 1 fully saturated rings. The lowest BCUT2D eigenvalue weighted by atomic mass is 9.79. The predicted octanol–water partition coefficient (Wildman–Crippen LogP) is 4.05. The average molecular weight is 404 g/mol. The molecule has 1 unspecified atom stereocenters. The largest absolute Gasteiger partial charge is 0.342 e. The van der Waals surface area contributed by atoms with Gasteiger partial charge in [0.15, 0.2) is 0 Å². The second kappa shape index (κ2) is 9.17. The summed E-state index contributed by atoms with van der Waals surface area (Å²) in [5.41, 5.74) is 7.22. The van der Waals surface area contributed by atoms with Gasteiger partial charge >= 0.3 is 0 Å². The van der Waals surface area contributed by atoms with Gasteiger partial charge in [-0.25, -0.2) is 4.98 Å². The first kappa shape index (κ1) is 22.2. The molecule has 140 valence electrons. The van der Waals surface area contributed by atoms with Crippen LogP contribution in [0.3, 0.4) is 0 Å². The molecule has 2 aromatic rings. The minimum Gasteiger partial charge on any atom is -0.342 e. The van der Waals surface area contributed by atoms with Crippen molar-refractivity contribution in [2.45, 2.75) is 45.6 Å². The molecule has 25 heavy (non-hydrogen) atoms. The number of aryl methyl sites for hydroxylation is 1. The highest BCUT2D eigenvalue weighted by Crippen LogP contribution is 2.28. The van der Waals surface area contributed by atoms with E-state index in [0.717, 1.165) is 42.9 Å². The fraction of sp³-hybridized carbons (Fsp3) is 0.556. The fourth-order valence-electron chi connectivity index (χ4n) is 3.16. The third-order valence-electron chi connectivity index (χ3n) is 4.78. The van der Waals surface area contributed by atoms with Crippen LogP contribution >= 0.6 is 36.2 Å². The number of hydrogen-bond donors (Lipinski definition) is 1. The summed E-state index contributed by atoms with van der Waals surface area (Å²) in [6.45, 7) is 5.87. The lowest BCUT2D eigenvalue weighted by Crippen LogP contribution is -2.53. The Balaban J connectivity index is 0.00000156. The van der Waals surface area contributed by atoms with Gasteiger partial charge in [-0.1, -0.05) is 26.0 Å². The molecule has 0 radical (unpaired) electrons. The molecule has 2 heterocycles. The van der Waals surface area contributed by atoms with Gasteiger partial charge in [0.05, 0.1) is 15.2 Å². The van der Waals surface area contributed by atoms with Gasteiger partial charge in [-0.2, -0.15) is 0 Å². The highest BCUT2D eigenvalue weighted by molar-refractivity contribution is 7.18. The molecule has 0 saturated carbocycles. The number of likely N-dealkylation sites (tertiary alicyclic amines) is 1. The van der Waals surface area contributed by atoms with Gasteiger partial charge in [0.1, 0.15) is 0 Å². The zero-order valence-electron chi connectivity index (χ0n) is 14.7. The SMILES string of the molecule is CC1(C)CN(C(=O)CCCc2nc3ccccc3s2)CCC1N.Cl.Cl. The van der Waals surface area contributed by atoms with E-state index in [1.54, 1.807) is 11.3 Å². The Kier molecular flexibility index (Phi) is 8.13. The van der Waals surface area contributed by atoms with Gasteiger partial charge in [-0.15, -0.1) is 36.2 Å². The molecule has 1 aromatic carbocycles. The van der Waals surface area contributed by atoms with Gasteiger partial charge in [0.25, 0.3) is 0 Å². The molecular formula is C18H27Cl2N3OS. The molecule has 1 aliphatic rings. The van der Waals surface area contributed by atoms with Gasteiger partial charge in [0.2, 0.25) is 5.91 Å². The molecule has 1 amide bonds. The van der Waals surface area contributed by atoms with Gasteiger partial charge in [-0.05, 0) is 36.8 Å². The Hall–Kier alpha value is -0.880. The minimum absolute atomic E-state index is 0. The van der Waals surface area contributed by atoms with Crippen LogP contribution in [0, 0.1) is 5.41 Å². The minimum atomic E-state index is 0. The van der Waals surface area contributed by atoms with Crippen LogP contribution in [0.5, 0.6) is 0 Å². The first-order valence-corrected chi connectivity index (χ1v) is 9.15. The van der Waals surface area contributed by atoms with Crippen molar-refractivity contribution in [2.24, 2.45) is 11.1 Å². The van der Waals surface area contributed by atoms with E-state index in [1.807, 2.05) is 23.1 Å². The number of nitrogens with zero attached hydrogens (tertiary/aromatic N) is 2. The number of halogens is 2. The highest BCUT2D eigenvalue weighted by atomic mass is 35.5. The van der Waals surface area contributed by atoms with Crippen molar-refractivity contribution < 1.29 is 4.79 Å². The summed E-state index contributed by atoms with van der Waals surface area (Å²) >= 11 is 1.73. The summed E-state index contributed by atoms with van der Waals surface area (Å²) in [5, 5.41) is 1.12. The van der Waals surface area contributed by atoms with E-state index < -0.39 is 0 Å². The molecule has 0 bridgehead atoms. The van der Waals surface area contributed by atoms with Crippen LogP contribution in [0.2, 0.25) is 0 Å². The van der Waals surface area contributed by atoms with Crippen LogP contribution in [0.15, 0.2) is 24.3 Å². The van der Waals surface area contributed by atoms with Crippen molar-refractivity contribution in [1.82, 2.24) is 9.88 Å². The van der Waals surface area contributed by atoms with Gasteiger partial charge in [0, 0.05) is 25.6 Å². The number of para-hydroxylation sites is 1. The van der Waals surface area contributed by atoms with Crippen molar-refractivity contribution >= 4 is 52.3 Å². The number of hydrogen-bond acceptors (Lipinski definition) is 4. The van der Waals surface area contributed by atoms with E-state index in [1.165, 1.54) is 4.70 Å². The van der Waals surface area contributed by atoms with Crippen molar-refractivity contribution in [3.63, 3.8) is 0 Å². The van der Waals surface area contributed by atoms with Crippen LogP contribution in [0.25, 0.3) is 10.2 Å². The quantitative estimate of drug-likeness (QED) is 0.837. The molecule has 1 aliphatic heterocycles. The molecular weight excluding hydrogens is 377 g/mol. The van der Waals surface area contributed by atoms with E-state index in [-0.39, 0.29) is 42.2 Å². The molecule has 3 rings (SSSR count). The summed E-state index contributed by atoms with van der Waals surface area (Å²) in [6, 6.07) is 8.38. The Bertz CT molecular complexity index is 671. The summed E-state index contributed by atoms with van der Waals surface area (Å²) in [6.07, 6.45) is 3.24. The number of thiazole rings is 1. The zero-order chi connectivity index (χ0) is 16.4. The third kappa shape index (κ3) is 5.30. The molecule has 7 heteroatoms. The maximum Gasteiger partial charge on any atom is 0.222 e. The van der Waals surface area contributed by atoms with Crippen molar-refractivity contribution in [1.29, 1.82) is 0 Å². The zero-order valence-corrected chi connectivity index (χ0v) is 17.2. The molecule has 1 atom stereocenters. The van der Waals surface area contributed by atoms with E-state index >= 15 is 0 Å². The predicted molar refractivity (Wildman–Crippen MR) is 110 cm³/mol. The second-order valence-electron chi connectivity index (χ2n) is 7.13. The fourth-order valence-corrected chi connectivity index (χ4v) is 4.17. The smallest absolute Gasteiger partial charge is 0.222 e. The number of nitrogens with two attached hydrogens (primary N) is 1. The highest BCUT2D eigenvalue weighted by Gasteiger charge is 2.34.